The Morgan fingerprint density at radius 1 is 1.56 bits per heavy atom. The van der Waals surface area contributed by atoms with Gasteiger partial charge in [0.15, 0.2) is 0 Å². The monoisotopic (exact) mass is 249 g/mol. The van der Waals surface area contributed by atoms with Crippen LogP contribution in [-0.2, 0) is 9.53 Å². The Balaban J connectivity index is 2.20. The molecule has 1 aliphatic rings. The Morgan fingerprint density at radius 2 is 2.39 bits per heavy atom. The summed E-state index contributed by atoms with van der Waals surface area (Å²) in [6.07, 6.45) is 4.90. The van der Waals surface area contributed by atoms with Gasteiger partial charge in [-0.05, 0) is 32.3 Å². The summed E-state index contributed by atoms with van der Waals surface area (Å²) in [6.45, 7) is 2.80. The van der Waals surface area contributed by atoms with Crippen LogP contribution in [0.2, 0.25) is 0 Å². The van der Waals surface area contributed by atoms with Crippen LogP contribution in [0, 0.1) is 6.92 Å². The lowest BCUT2D eigenvalue weighted by Crippen LogP contribution is -2.40. The van der Waals surface area contributed by atoms with E-state index in [0.717, 1.165) is 37.3 Å². The first-order chi connectivity index (χ1) is 8.72. The summed E-state index contributed by atoms with van der Waals surface area (Å²) in [7, 11) is 1.55. The summed E-state index contributed by atoms with van der Waals surface area (Å²) >= 11 is 0. The van der Waals surface area contributed by atoms with Crippen molar-refractivity contribution in [2.75, 3.05) is 20.3 Å². The number of rotatable bonds is 3. The molecular formula is C13H19N3O2. The normalized spacial score (nSPS) is 19.9. The number of ether oxygens (including phenoxy) is 1. The zero-order valence-corrected chi connectivity index (χ0v) is 10.9. The lowest BCUT2D eigenvalue weighted by Gasteiger charge is -2.35. The second-order valence-electron chi connectivity index (χ2n) is 4.56. The van der Waals surface area contributed by atoms with Gasteiger partial charge >= 0.3 is 0 Å². The molecule has 0 unspecified atom stereocenters. The van der Waals surface area contributed by atoms with Gasteiger partial charge in [0.05, 0.1) is 11.7 Å². The van der Waals surface area contributed by atoms with E-state index in [1.54, 1.807) is 13.3 Å². The molecule has 0 N–H and O–H groups in total. The molecule has 2 rings (SSSR count). The van der Waals surface area contributed by atoms with Gasteiger partial charge in [0.1, 0.15) is 12.4 Å². The molecule has 1 aromatic rings. The molecule has 1 saturated heterocycles. The van der Waals surface area contributed by atoms with Crippen LogP contribution in [0.1, 0.15) is 36.8 Å². The van der Waals surface area contributed by atoms with Crippen molar-refractivity contribution in [2.45, 2.75) is 32.2 Å². The number of carbonyl (C=O) groups excluding carboxylic acids is 1. The fourth-order valence-corrected chi connectivity index (χ4v) is 2.40. The van der Waals surface area contributed by atoms with Gasteiger partial charge in [-0.1, -0.05) is 0 Å². The van der Waals surface area contributed by atoms with Gasteiger partial charge in [-0.2, -0.15) is 0 Å². The Hall–Kier alpha value is -1.49. The molecule has 0 radical (unpaired) electrons. The van der Waals surface area contributed by atoms with Crippen molar-refractivity contribution in [3.05, 3.63) is 23.8 Å². The number of carbonyl (C=O) groups is 1. The number of hydrogen-bond donors (Lipinski definition) is 0. The lowest BCUT2D eigenvalue weighted by atomic mass is 9.99. The third-order valence-electron chi connectivity index (χ3n) is 3.23. The van der Waals surface area contributed by atoms with Crippen molar-refractivity contribution >= 4 is 5.91 Å². The molecule has 2 heterocycles. The molecule has 1 atom stereocenters. The van der Waals surface area contributed by atoms with E-state index < -0.39 is 0 Å². The van der Waals surface area contributed by atoms with E-state index in [9.17, 15) is 4.79 Å². The lowest BCUT2D eigenvalue weighted by molar-refractivity contribution is -0.139. The molecule has 1 amide bonds. The molecule has 1 fully saturated rings. The van der Waals surface area contributed by atoms with E-state index in [4.69, 9.17) is 4.74 Å². The van der Waals surface area contributed by atoms with Crippen LogP contribution in [0.3, 0.4) is 0 Å². The number of nitrogens with zero attached hydrogens (tertiary/aromatic N) is 3. The summed E-state index contributed by atoms with van der Waals surface area (Å²) < 4.78 is 4.94. The molecular weight excluding hydrogens is 230 g/mol. The molecule has 0 bridgehead atoms. The van der Waals surface area contributed by atoms with Crippen LogP contribution in [0.25, 0.3) is 0 Å². The highest BCUT2D eigenvalue weighted by molar-refractivity contribution is 5.78. The van der Waals surface area contributed by atoms with Crippen molar-refractivity contribution in [1.82, 2.24) is 14.9 Å². The first kappa shape index (κ1) is 13.0. The van der Waals surface area contributed by atoms with Crippen LogP contribution in [-0.4, -0.2) is 41.0 Å². The van der Waals surface area contributed by atoms with Gasteiger partial charge in [-0.15, -0.1) is 0 Å². The van der Waals surface area contributed by atoms with Gasteiger partial charge < -0.3 is 9.64 Å². The average Bonchev–Trinajstić information content (AvgIpc) is 2.39. The van der Waals surface area contributed by atoms with E-state index in [2.05, 4.69) is 9.97 Å². The first-order valence-corrected chi connectivity index (χ1v) is 6.30. The zero-order chi connectivity index (χ0) is 13.0. The molecule has 5 nitrogen and oxygen atoms in total. The quantitative estimate of drug-likeness (QED) is 0.814. The Bertz CT molecular complexity index is 422. The Labute approximate surface area is 107 Å². The largest absolute Gasteiger partial charge is 0.375 e. The minimum absolute atomic E-state index is 0.0402. The van der Waals surface area contributed by atoms with Crippen molar-refractivity contribution < 1.29 is 9.53 Å². The van der Waals surface area contributed by atoms with Crippen LogP contribution in [0.5, 0.6) is 0 Å². The topological polar surface area (TPSA) is 55.3 Å². The summed E-state index contributed by atoms with van der Waals surface area (Å²) in [5.74, 6) is 0.788. The number of aromatic nitrogens is 2. The fraction of sp³-hybridized carbons (Fsp3) is 0.615. The number of aryl methyl sites for hydroxylation is 1. The van der Waals surface area contributed by atoms with Gasteiger partial charge in [-0.3, -0.25) is 4.79 Å². The maximum atomic E-state index is 12.0. The maximum Gasteiger partial charge on any atom is 0.249 e. The van der Waals surface area contributed by atoms with Crippen molar-refractivity contribution in [1.29, 1.82) is 0 Å². The predicted molar refractivity (Wildman–Crippen MR) is 67.0 cm³/mol. The van der Waals surface area contributed by atoms with Crippen molar-refractivity contribution in [3.63, 3.8) is 0 Å². The molecule has 98 valence electrons. The van der Waals surface area contributed by atoms with Gasteiger partial charge in [0.25, 0.3) is 0 Å². The van der Waals surface area contributed by atoms with Gasteiger partial charge in [-0.25, -0.2) is 9.97 Å². The van der Waals surface area contributed by atoms with E-state index >= 15 is 0 Å². The Kier molecular flexibility index (Phi) is 4.25. The van der Waals surface area contributed by atoms with E-state index in [0.29, 0.717) is 0 Å². The third kappa shape index (κ3) is 2.85. The molecule has 0 aromatic carbocycles. The first-order valence-electron chi connectivity index (χ1n) is 6.30. The van der Waals surface area contributed by atoms with Crippen LogP contribution < -0.4 is 0 Å². The average molecular weight is 249 g/mol. The molecule has 1 aromatic heterocycles. The minimum atomic E-state index is 0.0402. The SMILES string of the molecule is COCC(=O)N1CCCC[C@@H]1c1ccnc(C)n1. The summed E-state index contributed by atoms with van der Waals surface area (Å²) in [6, 6.07) is 1.97. The summed E-state index contributed by atoms with van der Waals surface area (Å²) in [4.78, 5) is 22.5. The van der Waals surface area contributed by atoms with Gasteiger partial charge in [0.2, 0.25) is 5.91 Å². The molecule has 0 spiro atoms. The third-order valence-corrected chi connectivity index (χ3v) is 3.23. The smallest absolute Gasteiger partial charge is 0.249 e. The molecule has 0 saturated carbocycles. The molecule has 5 heteroatoms. The highest BCUT2D eigenvalue weighted by Crippen LogP contribution is 2.29. The van der Waals surface area contributed by atoms with E-state index in [1.807, 2.05) is 17.9 Å². The summed E-state index contributed by atoms with van der Waals surface area (Å²) in [5.41, 5.74) is 0.937. The highest BCUT2D eigenvalue weighted by atomic mass is 16.5. The Morgan fingerprint density at radius 3 is 3.11 bits per heavy atom. The molecule has 18 heavy (non-hydrogen) atoms. The van der Waals surface area contributed by atoms with Crippen LogP contribution in [0.15, 0.2) is 12.3 Å². The van der Waals surface area contributed by atoms with Crippen molar-refractivity contribution in [3.8, 4) is 0 Å². The second kappa shape index (κ2) is 5.91. The molecule has 0 aliphatic carbocycles. The fourth-order valence-electron chi connectivity index (χ4n) is 2.40. The standard InChI is InChI=1S/C13H19N3O2/c1-10-14-7-6-11(15-10)12-5-3-4-8-16(12)13(17)9-18-2/h6-7,12H,3-5,8-9H2,1-2H3/t12-/m1/s1. The number of hydrogen-bond acceptors (Lipinski definition) is 4. The predicted octanol–water partition coefficient (Wildman–Crippen LogP) is 1.49. The van der Waals surface area contributed by atoms with Crippen molar-refractivity contribution in [2.24, 2.45) is 0 Å². The summed E-state index contributed by atoms with van der Waals surface area (Å²) in [5, 5.41) is 0. The maximum absolute atomic E-state index is 12.0. The second-order valence-corrected chi connectivity index (χ2v) is 4.56. The van der Waals surface area contributed by atoms with Crippen LogP contribution >= 0.6 is 0 Å². The van der Waals surface area contributed by atoms with E-state index in [1.165, 1.54) is 0 Å². The minimum Gasteiger partial charge on any atom is -0.375 e. The highest BCUT2D eigenvalue weighted by Gasteiger charge is 2.28. The van der Waals surface area contributed by atoms with Gasteiger partial charge in [0, 0.05) is 19.9 Å². The van der Waals surface area contributed by atoms with E-state index in [-0.39, 0.29) is 18.6 Å². The molecule has 1 aliphatic heterocycles. The zero-order valence-electron chi connectivity index (χ0n) is 10.9. The number of piperidine rings is 1. The number of amides is 1. The number of likely N-dealkylation sites (tertiary alicyclic amines) is 1. The van der Waals surface area contributed by atoms with Crippen LogP contribution in [0.4, 0.5) is 0 Å². The number of methoxy groups -OCH3 is 1.